The number of fused-ring (bicyclic) bond motifs is 1. The van der Waals surface area contributed by atoms with Gasteiger partial charge in [0.1, 0.15) is 5.82 Å². The molecule has 0 spiro atoms. The molecule has 0 bridgehead atoms. The van der Waals surface area contributed by atoms with Gasteiger partial charge in [-0.05, 0) is 60.2 Å². The minimum absolute atomic E-state index is 0.209. The van der Waals surface area contributed by atoms with Crippen LogP contribution in [-0.2, 0) is 19.5 Å². The van der Waals surface area contributed by atoms with Crippen molar-refractivity contribution in [2.24, 2.45) is 0 Å². The maximum atomic E-state index is 13.7. The van der Waals surface area contributed by atoms with Crippen molar-refractivity contribution in [1.82, 2.24) is 14.5 Å². The van der Waals surface area contributed by atoms with Crippen molar-refractivity contribution < 1.29 is 4.39 Å². The number of hydrogen-bond donors (Lipinski definition) is 0. The Hall–Kier alpha value is -3.96. The zero-order valence-corrected chi connectivity index (χ0v) is 22.3. The van der Waals surface area contributed by atoms with Crippen LogP contribution in [0, 0.1) is 5.82 Å². The van der Waals surface area contributed by atoms with Gasteiger partial charge in [0.25, 0.3) is 0 Å². The first-order valence-electron chi connectivity index (χ1n) is 14.0. The van der Waals surface area contributed by atoms with Gasteiger partial charge in [0.05, 0.1) is 17.6 Å². The van der Waals surface area contributed by atoms with Gasteiger partial charge in [-0.3, -0.25) is 0 Å². The summed E-state index contributed by atoms with van der Waals surface area (Å²) in [5.41, 5.74) is 5.85. The molecule has 2 heterocycles. The van der Waals surface area contributed by atoms with E-state index < -0.39 is 0 Å². The first-order chi connectivity index (χ1) is 19.2. The molecule has 0 unspecified atom stereocenters. The van der Waals surface area contributed by atoms with Crippen LogP contribution in [0.25, 0.3) is 11.0 Å². The van der Waals surface area contributed by atoms with Crippen molar-refractivity contribution in [3.05, 3.63) is 132 Å². The zero-order chi connectivity index (χ0) is 26.4. The van der Waals surface area contributed by atoms with E-state index in [2.05, 4.69) is 93.2 Å². The smallest absolute Gasteiger partial charge is 0.207 e. The number of imidazole rings is 1. The maximum Gasteiger partial charge on any atom is 0.207 e. The van der Waals surface area contributed by atoms with Gasteiger partial charge in [0.15, 0.2) is 0 Å². The predicted octanol–water partition coefficient (Wildman–Crippen LogP) is 6.94. The van der Waals surface area contributed by atoms with Gasteiger partial charge < -0.3 is 14.4 Å². The Morgan fingerprint density at radius 2 is 1.36 bits per heavy atom. The summed E-state index contributed by atoms with van der Waals surface area (Å²) in [5.74, 6) is 0.784. The van der Waals surface area contributed by atoms with Gasteiger partial charge in [-0.25, -0.2) is 9.37 Å². The summed E-state index contributed by atoms with van der Waals surface area (Å²) in [5, 5.41) is 0. The average Bonchev–Trinajstić information content (AvgIpc) is 3.35. The molecule has 5 heteroatoms. The van der Waals surface area contributed by atoms with Gasteiger partial charge in [0.2, 0.25) is 5.95 Å². The maximum absolute atomic E-state index is 13.7. The van der Waals surface area contributed by atoms with Crippen molar-refractivity contribution in [3.8, 4) is 0 Å². The number of anilines is 1. The van der Waals surface area contributed by atoms with Crippen LogP contribution in [-0.4, -0.2) is 40.1 Å². The Morgan fingerprint density at radius 1 is 0.718 bits per heavy atom. The van der Waals surface area contributed by atoms with Crippen LogP contribution in [0.1, 0.15) is 29.5 Å². The second-order valence-electron chi connectivity index (χ2n) is 10.5. The Morgan fingerprint density at radius 3 is 2.08 bits per heavy atom. The van der Waals surface area contributed by atoms with Crippen LogP contribution in [0.5, 0.6) is 0 Å². The van der Waals surface area contributed by atoms with Gasteiger partial charge in [0, 0.05) is 32.2 Å². The molecule has 1 aliphatic heterocycles. The Bertz CT molecular complexity index is 1470. The number of hydrogen-bond acceptors (Lipinski definition) is 3. The third-order valence-corrected chi connectivity index (χ3v) is 7.90. The molecule has 0 aliphatic carbocycles. The van der Waals surface area contributed by atoms with Crippen molar-refractivity contribution in [2.75, 3.05) is 24.5 Å². The molecule has 39 heavy (non-hydrogen) atoms. The van der Waals surface area contributed by atoms with E-state index in [0.29, 0.717) is 12.6 Å². The van der Waals surface area contributed by atoms with E-state index in [4.69, 9.17) is 4.98 Å². The van der Waals surface area contributed by atoms with Gasteiger partial charge in [-0.15, -0.1) is 0 Å². The molecule has 4 nitrogen and oxygen atoms in total. The van der Waals surface area contributed by atoms with Crippen LogP contribution in [0.4, 0.5) is 10.3 Å². The molecule has 0 N–H and O–H groups in total. The average molecular weight is 519 g/mol. The van der Waals surface area contributed by atoms with E-state index in [-0.39, 0.29) is 5.82 Å². The second kappa shape index (κ2) is 11.8. The van der Waals surface area contributed by atoms with Crippen molar-refractivity contribution in [1.29, 1.82) is 0 Å². The predicted molar refractivity (Wildman–Crippen MR) is 157 cm³/mol. The fourth-order valence-corrected chi connectivity index (χ4v) is 5.74. The van der Waals surface area contributed by atoms with Crippen LogP contribution < -0.4 is 4.90 Å². The topological polar surface area (TPSA) is 24.3 Å². The number of likely N-dealkylation sites (tertiary alicyclic amines) is 1. The molecule has 1 aromatic heterocycles. The third-order valence-electron chi connectivity index (χ3n) is 7.90. The minimum atomic E-state index is -0.209. The molecule has 5 aromatic rings. The highest BCUT2D eigenvalue weighted by atomic mass is 19.1. The number of piperidine rings is 1. The quantitative estimate of drug-likeness (QED) is 0.211. The zero-order valence-electron chi connectivity index (χ0n) is 22.3. The minimum Gasteiger partial charge on any atom is -0.335 e. The standard InChI is InChI=1S/C34H35FN4/c35-30-17-15-29(16-18-30)26-39-33-14-8-7-13-32(33)36-34(39)38(25-28-11-5-2-6-12-28)31-20-23-37(24-21-31)22-19-27-9-3-1-4-10-27/h1-18,31H,19-26H2. The van der Waals surface area contributed by atoms with E-state index in [1.807, 2.05) is 18.2 Å². The number of halogens is 1. The molecule has 0 amide bonds. The summed E-state index contributed by atoms with van der Waals surface area (Å²) in [6, 6.07) is 37.1. The van der Waals surface area contributed by atoms with Crippen molar-refractivity contribution in [2.45, 2.75) is 38.4 Å². The molecule has 0 saturated carbocycles. The normalized spacial score (nSPS) is 14.6. The number of aromatic nitrogens is 2. The van der Waals surface area contributed by atoms with E-state index in [1.165, 1.54) is 11.1 Å². The Kier molecular flexibility index (Phi) is 7.68. The van der Waals surface area contributed by atoms with E-state index in [0.717, 1.165) is 68.0 Å². The van der Waals surface area contributed by atoms with Gasteiger partial charge >= 0.3 is 0 Å². The lowest BCUT2D eigenvalue weighted by atomic mass is 10.0. The van der Waals surface area contributed by atoms with Gasteiger partial charge in [-0.1, -0.05) is 84.9 Å². The van der Waals surface area contributed by atoms with E-state index >= 15 is 0 Å². The van der Waals surface area contributed by atoms with Crippen molar-refractivity contribution >= 4 is 17.0 Å². The van der Waals surface area contributed by atoms with E-state index in [1.54, 1.807) is 12.1 Å². The molecule has 0 atom stereocenters. The summed E-state index contributed by atoms with van der Waals surface area (Å²) in [6.07, 6.45) is 3.29. The molecular weight excluding hydrogens is 483 g/mol. The third kappa shape index (κ3) is 6.04. The lowest BCUT2D eigenvalue weighted by molar-refractivity contribution is 0.209. The fraction of sp³-hybridized carbons (Fsp3) is 0.265. The number of para-hydroxylation sites is 2. The highest BCUT2D eigenvalue weighted by Crippen LogP contribution is 2.30. The van der Waals surface area contributed by atoms with Crippen LogP contribution >= 0.6 is 0 Å². The molecule has 1 aliphatic rings. The highest BCUT2D eigenvalue weighted by Gasteiger charge is 2.28. The summed E-state index contributed by atoms with van der Waals surface area (Å²) < 4.78 is 16.0. The lowest BCUT2D eigenvalue weighted by Crippen LogP contribution is -2.46. The Balaban J connectivity index is 1.28. The summed E-state index contributed by atoms with van der Waals surface area (Å²) in [6.45, 7) is 4.72. The molecule has 6 rings (SSSR count). The van der Waals surface area contributed by atoms with Gasteiger partial charge in [-0.2, -0.15) is 0 Å². The lowest BCUT2D eigenvalue weighted by Gasteiger charge is -2.39. The number of nitrogens with zero attached hydrogens (tertiary/aromatic N) is 4. The monoisotopic (exact) mass is 518 g/mol. The molecular formula is C34H35FN4. The first-order valence-corrected chi connectivity index (χ1v) is 14.0. The van der Waals surface area contributed by atoms with Crippen LogP contribution in [0.3, 0.4) is 0 Å². The molecule has 198 valence electrons. The van der Waals surface area contributed by atoms with Crippen LogP contribution in [0.15, 0.2) is 109 Å². The molecule has 1 saturated heterocycles. The first kappa shape index (κ1) is 25.3. The summed E-state index contributed by atoms with van der Waals surface area (Å²) in [4.78, 5) is 10.3. The Labute approximate surface area is 230 Å². The summed E-state index contributed by atoms with van der Waals surface area (Å²) in [7, 11) is 0. The number of rotatable bonds is 9. The summed E-state index contributed by atoms with van der Waals surface area (Å²) >= 11 is 0. The van der Waals surface area contributed by atoms with E-state index in [9.17, 15) is 4.39 Å². The molecule has 1 fully saturated rings. The molecule has 4 aromatic carbocycles. The van der Waals surface area contributed by atoms with Crippen molar-refractivity contribution in [3.63, 3.8) is 0 Å². The SMILES string of the molecule is Fc1ccc(Cn2c(N(Cc3ccccc3)C3CCN(CCc4ccccc4)CC3)nc3ccccc32)cc1. The number of benzene rings is 4. The molecule has 0 radical (unpaired) electrons. The van der Waals surface area contributed by atoms with Crippen LogP contribution in [0.2, 0.25) is 0 Å². The second-order valence-corrected chi connectivity index (χ2v) is 10.5. The highest BCUT2D eigenvalue weighted by molar-refractivity contribution is 5.79. The largest absolute Gasteiger partial charge is 0.335 e. The fourth-order valence-electron chi connectivity index (χ4n) is 5.74.